The summed E-state index contributed by atoms with van der Waals surface area (Å²) in [4.78, 5) is 0. The highest BCUT2D eigenvalue weighted by molar-refractivity contribution is 5.70. The van der Waals surface area contributed by atoms with E-state index in [1.165, 1.54) is 5.56 Å². The van der Waals surface area contributed by atoms with Gasteiger partial charge in [-0.2, -0.15) is 5.10 Å². The van der Waals surface area contributed by atoms with E-state index >= 15 is 0 Å². The van der Waals surface area contributed by atoms with Gasteiger partial charge in [-0.25, -0.2) is 0 Å². The van der Waals surface area contributed by atoms with Crippen molar-refractivity contribution in [3.05, 3.63) is 23.8 Å². The zero-order valence-electron chi connectivity index (χ0n) is 11.1. The van der Waals surface area contributed by atoms with E-state index in [1.54, 1.807) is 0 Å². The van der Waals surface area contributed by atoms with E-state index in [0.29, 0.717) is 24.9 Å². The molecule has 0 spiro atoms. The molecule has 1 aliphatic heterocycles. The Hall–Kier alpha value is -2.17. The summed E-state index contributed by atoms with van der Waals surface area (Å²) in [5, 5.41) is 6.94. The Morgan fingerprint density at radius 3 is 2.42 bits per heavy atom. The van der Waals surface area contributed by atoms with Gasteiger partial charge in [-0.1, -0.05) is 13.8 Å². The van der Waals surface area contributed by atoms with E-state index in [-0.39, 0.29) is 0 Å². The number of nitrogens with two attached hydrogens (primary N) is 1. The lowest BCUT2D eigenvalue weighted by atomic mass is 9.94. The van der Waals surface area contributed by atoms with Crippen molar-refractivity contribution in [1.82, 2.24) is 10.2 Å². The van der Waals surface area contributed by atoms with Crippen LogP contribution in [-0.4, -0.2) is 23.4 Å². The Morgan fingerprint density at radius 1 is 1.16 bits per heavy atom. The van der Waals surface area contributed by atoms with Gasteiger partial charge in [0.2, 0.25) is 0 Å². The number of hydrogen-bond donors (Lipinski definition) is 2. The molecule has 100 valence electrons. The third-order valence-electron chi connectivity index (χ3n) is 3.22. The summed E-state index contributed by atoms with van der Waals surface area (Å²) in [6.07, 6.45) is 0. The normalized spacial score (nSPS) is 13.8. The molecule has 0 radical (unpaired) electrons. The molecule has 3 rings (SSSR count). The van der Waals surface area contributed by atoms with Crippen LogP contribution >= 0.6 is 0 Å². The molecule has 0 bridgehead atoms. The van der Waals surface area contributed by atoms with Crippen LogP contribution in [0.5, 0.6) is 11.5 Å². The Morgan fingerprint density at radius 2 is 1.84 bits per heavy atom. The van der Waals surface area contributed by atoms with Crippen LogP contribution in [0.4, 0.5) is 5.82 Å². The zero-order chi connectivity index (χ0) is 13.4. The number of ether oxygens (including phenoxy) is 2. The van der Waals surface area contributed by atoms with Gasteiger partial charge in [0.05, 0.1) is 5.69 Å². The van der Waals surface area contributed by atoms with Gasteiger partial charge in [-0.15, -0.1) is 0 Å². The molecule has 0 atom stereocenters. The van der Waals surface area contributed by atoms with Gasteiger partial charge in [0, 0.05) is 11.6 Å². The largest absolute Gasteiger partial charge is 0.486 e. The molecule has 5 heteroatoms. The van der Waals surface area contributed by atoms with E-state index in [2.05, 4.69) is 24.0 Å². The lowest BCUT2D eigenvalue weighted by Crippen LogP contribution is -2.16. The molecule has 0 amide bonds. The van der Waals surface area contributed by atoms with Crippen molar-refractivity contribution in [3.63, 3.8) is 0 Å². The lowest BCUT2D eigenvalue weighted by Gasteiger charge is -2.22. The molecular weight excluding hydrogens is 242 g/mol. The molecule has 2 heterocycles. The highest BCUT2D eigenvalue weighted by Crippen LogP contribution is 2.39. The molecule has 1 aromatic heterocycles. The number of H-pyrrole nitrogens is 1. The number of hydrogen-bond acceptors (Lipinski definition) is 4. The summed E-state index contributed by atoms with van der Waals surface area (Å²) in [6, 6.07) is 5.87. The number of aromatic nitrogens is 2. The van der Waals surface area contributed by atoms with Gasteiger partial charge < -0.3 is 15.2 Å². The summed E-state index contributed by atoms with van der Waals surface area (Å²) in [7, 11) is 0. The molecule has 0 unspecified atom stereocenters. The zero-order valence-corrected chi connectivity index (χ0v) is 11.1. The number of nitrogen functional groups attached to an aromatic ring is 1. The Balaban J connectivity index is 2.16. The Kier molecular flexibility index (Phi) is 2.81. The summed E-state index contributed by atoms with van der Waals surface area (Å²) in [6.45, 7) is 5.47. The minimum atomic E-state index is 0.371. The maximum atomic E-state index is 5.68. The van der Waals surface area contributed by atoms with Crippen LogP contribution in [0.25, 0.3) is 11.3 Å². The maximum Gasteiger partial charge on any atom is 0.162 e. The first-order valence-electron chi connectivity index (χ1n) is 6.40. The average molecular weight is 259 g/mol. The number of aromatic amines is 1. The van der Waals surface area contributed by atoms with E-state index in [4.69, 9.17) is 15.2 Å². The lowest BCUT2D eigenvalue weighted by molar-refractivity contribution is 0.171. The summed E-state index contributed by atoms with van der Waals surface area (Å²) in [5.41, 5.74) is 8.83. The first-order valence-corrected chi connectivity index (χ1v) is 6.40. The number of rotatable bonds is 2. The minimum Gasteiger partial charge on any atom is -0.486 e. The van der Waals surface area contributed by atoms with Crippen molar-refractivity contribution in [2.75, 3.05) is 18.9 Å². The highest BCUT2D eigenvalue weighted by Gasteiger charge is 2.19. The third-order valence-corrected chi connectivity index (χ3v) is 3.22. The second kappa shape index (κ2) is 4.50. The number of anilines is 1. The second-order valence-corrected chi connectivity index (χ2v) is 4.94. The predicted molar refractivity (Wildman–Crippen MR) is 73.5 cm³/mol. The number of nitrogens with zero attached hydrogens (tertiary/aromatic N) is 1. The number of fused-ring (bicyclic) bond motifs is 1. The van der Waals surface area contributed by atoms with E-state index in [0.717, 1.165) is 22.8 Å². The van der Waals surface area contributed by atoms with Gasteiger partial charge in [0.15, 0.2) is 11.5 Å². The van der Waals surface area contributed by atoms with Crippen molar-refractivity contribution in [1.29, 1.82) is 0 Å². The molecule has 0 fully saturated rings. The average Bonchev–Trinajstić information content (AvgIpc) is 2.83. The molecule has 3 N–H and O–H groups in total. The van der Waals surface area contributed by atoms with Crippen molar-refractivity contribution < 1.29 is 9.47 Å². The number of benzene rings is 1. The van der Waals surface area contributed by atoms with Crippen LogP contribution in [-0.2, 0) is 0 Å². The second-order valence-electron chi connectivity index (χ2n) is 4.94. The molecule has 5 nitrogen and oxygen atoms in total. The van der Waals surface area contributed by atoms with E-state index in [9.17, 15) is 0 Å². The first-order chi connectivity index (χ1) is 9.15. The fourth-order valence-electron chi connectivity index (χ4n) is 2.29. The summed E-state index contributed by atoms with van der Waals surface area (Å²) in [5.74, 6) is 2.44. The standard InChI is InChI=1S/C14H17N3O2/c1-8(2)9-5-12-13(19-4-3-18-12)6-10(9)11-7-14(15)17-16-11/h5-8H,3-4H2,1-2H3,(H3,15,16,17). The molecule has 0 saturated carbocycles. The molecule has 19 heavy (non-hydrogen) atoms. The number of nitrogens with one attached hydrogen (secondary N) is 1. The molecule has 0 saturated heterocycles. The van der Waals surface area contributed by atoms with Gasteiger partial charge in [0.25, 0.3) is 0 Å². The topological polar surface area (TPSA) is 73.2 Å². The molecule has 1 aliphatic rings. The smallest absolute Gasteiger partial charge is 0.162 e. The fourth-order valence-corrected chi connectivity index (χ4v) is 2.29. The van der Waals surface area contributed by atoms with Crippen molar-refractivity contribution >= 4 is 5.82 Å². The van der Waals surface area contributed by atoms with Crippen LogP contribution in [0.3, 0.4) is 0 Å². The SMILES string of the molecule is CC(C)c1cc2c(cc1-c1cc(N)n[nH]1)OCCO2. The quantitative estimate of drug-likeness (QED) is 0.869. The van der Waals surface area contributed by atoms with Crippen molar-refractivity contribution in [2.24, 2.45) is 0 Å². The van der Waals surface area contributed by atoms with Gasteiger partial charge in [-0.05, 0) is 23.6 Å². The third kappa shape index (κ3) is 2.12. The monoisotopic (exact) mass is 259 g/mol. The van der Waals surface area contributed by atoms with Crippen molar-refractivity contribution in [3.8, 4) is 22.8 Å². The van der Waals surface area contributed by atoms with Crippen molar-refractivity contribution in [2.45, 2.75) is 19.8 Å². The highest BCUT2D eigenvalue weighted by atomic mass is 16.6. The van der Waals surface area contributed by atoms with Crippen LogP contribution in [0.1, 0.15) is 25.3 Å². The molecule has 2 aromatic rings. The van der Waals surface area contributed by atoms with Crippen LogP contribution < -0.4 is 15.2 Å². The first kappa shape index (κ1) is 11.9. The van der Waals surface area contributed by atoms with Crippen LogP contribution in [0, 0.1) is 0 Å². The molecular formula is C14H17N3O2. The summed E-state index contributed by atoms with van der Waals surface area (Å²) < 4.78 is 11.3. The molecule has 1 aromatic carbocycles. The summed E-state index contributed by atoms with van der Waals surface area (Å²) >= 11 is 0. The van der Waals surface area contributed by atoms with Gasteiger partial charge in [-0.3, -0.25) is 5.10 Å². The Bertz CT molecular complexity index is 605. The maximum absolute atomic E-state index is 5.68. The Labute approximate surface area is 111 Å². The minimum absolute atomic E-state index is 0.371. The van der Waals surface area contributed by atoms with Crippen LogP contribution in [0.2, 0.25) is 0 Å². The van der Waals surface area contributed by atoms with E-state index < -0.39 is 0 Å². The fraction of sp³-hybridized carbons (Fsp3) is 0.357. The van der Waals surface area contributed by atoms with Gasteiger partial charge >= 0.3 is 0 Å². The van der Waals surface area contributed by atoms with E-state index in [1.807, 2.05) is 18.2 Å². The van der Waals surface area contributed by atoms with Crippen LogP contribution in [0.15, 0.2) is 18.2 Å². The molecule has 0 aliphatic carbocycles. The van der Waals surface area contributed by atoms with Gasteiger partial charge in [0.1, 0.15) is 19.0 Å². The predicted octanol–water partition coefficient (Wildman–Crippen LogP) is 2.55.